The van der Waals surface area contributed by atoms with Crippen molar-refractivity contribution >= 4 is 0 Å². The van der Waals surface area contributed by atoms with Crippen molar-refractivity contribution in [1.82, 2.24) is 0 Å². The van der Waals surface area contributed by atoms with Gasteiger partial charge in [0.05, 0.1) is 24.9 Å². The molecular formula is C26H42O4. The number of hydrogen-bond acceptors (Lipinski definition) is 4. The molecule has 0 spiro atoms. The zero-order chi connectivity index (χ0) is 21.9. The zero-order valence-electron chi connectivity index (χ0n) is 19.1. The smallest absolute Gasteiger partial charge is 0.0811 e. The quantitative estimate of drug-likeness (QED) is 0.567. The third-order valence-electron chi connectivity index (χ3n) is 8.22. The van der Waals surface area contributed by atoms with E-state index < -0.39 is 12.2 Å². The lowest BCUT2D eigenvalue weighted by molar-refractivity contribution is 0.00861. The van der Waals surface area contributed by atoms with E-state index in [0.717, 1.165) is 30.6 Å². The molecule has 0 aromatic carbocycles. The number of fused-ring (bicyclic) bond motifs is 1. The molecule has 3 aliphatic carbocycles. The average Bonchev–Trinajstić information content (AvgIpc) is 3.06. The van der Waals surface area contributed by atoms with Gasteiger partial charge in [-0.15, -0.1) is 0 Å². The summed E-state index contributed by atoms with van der Waals surface area (Å²) < 4.78 is 5.73. The van der Waals surface area contributed by atoms with E-state index in [1.165, 1.54) is 25.7 Å². The number of ether oxygens (including phenoxy) is 1. The molecule has 0 amide bonds. The van der Waals surface area contributed by atoms with Gasteiger partial charge in [0.25, 0.3) is 0 Å². The molecule has 0 aromatic rings. The number of rotatable bonds is 7. The van der Waals surface area contributed by atoms with E-state index in [1.54, 1.807) is 5.57 Å². The minimum atomic E-state index is -0.623. The first-order valence-corrected chi connectivity index (χ1v) is 11.9. The SMILES string of the molecule is C=C1C(=CC=C2CCC[C@@]3(C)C2CC[C@@H]3[C@H](C)CCOC(C)CO)C[C@@H](O)C[C@@H]1O. The second kappa shape index (κ2) is 10.1. The van der Waals surface area contributed by atoms with Crippen LogP contribution in [0.1, 0.15) is 72.1 Å². The topological polar surface area (TPSA) is 69.9 Å². The first-order valence-electron chi connectivity index (χ1n) is 11.9. The van der Waals surface area contributed by atoms with Gasteiger partial charge in [-0.2, -0.15) is 0 Å². The van der Waals surface area contributed by atoms with Crippen molar-refractivity contribution in [3.8, 4) is 0 Å². The summed E-state index contributed by atoms with van der Waals surface area (Å²) >= 11 is 0. The Hall–Kier alpha value is -0.940. The summed E-state index contributed by atoms with van der Waals surface area (Å²) in [5.41, 5.74) is 3.65. The lowest BCUT2D eigenvalue weighted by atomic mass is 9.61. The predicted octanol–water partition coefficient (Wildman–Crippen LogP) is 4.55. The summed E-state index contributed by atoms with van der Waals surface area (Å²) in [4.78, 5) is 0. The van der Waals surface area contributed by atoms with Gasteiger partial charge in [-0.1, -0.05) is 38.2 Å². The van der Waals surface area contributed by atoms with Crippen molar-refractivity contribution in [3.05, 3.63) is 35.5 Å². The van der Waals surface area contributed by atoms with Gasteiger partial charge >= 0.3 is 0 Å². The third kappa shape index (κ3) is 5.09. The fourth-order valence-corrected chi connectivity index (χ4v) is 6.39. The third-order valence-corrected chi connectivity index (χ3v) is 8.22. The largest absolute Gasteiger partial charge is 0.394 e. The van der Waals surface area contributed by atoms with Gasteiger partial charge in [0, 0.05) is 13.0 Å². The first kappa shape index (κ1) is 23.7. The number of allylic oxidation sites excluding steroid dienone is 3. The minimum absolute atomic E-state index is 0.0760. The molecule has 4 nitrogen and oxygen atoms in total. The van der Waals surface area contributed by atoms with Crippen LogP contribution in [0.5, 0.6) is 0 Å². The minimum Gasteiger partial charge on any atom is -0.394 e. The second-order valence-electron chi connectivity index (χ2n) is 10.3. The van der Waals surface area contributed by atoms with Gasteiger partial charge < -0.3 is 20.1 Å². The van der Waals surface area contributed by atoms with E-state index in [-0.39, 0.29) is 12.7 Å². The number of aliphatic hydroxyl groups excluding tert-OH is 3. The lowest BCUT2D eigenvalue weighted by Crippen LogP contribution is -2.36. The van der Waals surface area contributed by atoms with Crippen LogP contribution >= 0.6 is 0 Å². The first-order chi connectivity index (χ1) is 14.3. The van der Waals surface area contributed by atoms with Gasteiger partial charge in [-0.05, 0) is 86.2 Å². The highest BCUT2D eigenvalue weighted by molar-refractivity contribution is 5.38. The highest BCUT2D eigenvalue weighted by Gasteiger charge is 2.50. The molecule has 2 unspecified atom stereocenters. The van der Waals surface area contributed by atoms with E-state index >= 15 is 0 Å². The van der Waals surface area contributed by atoms with Crippen LogP contribution < -0.4 is 0 Å². The summed E-state index contributed by atoms with van der Waals surface area (Å²) in [5, 5.41) is 29.3. The molecule has 3 fully saturated rings. The Morgan fingerprint density at radius 2 is 2.00 bits per heavy atom. The maximum atomic E-state index is 10.1. The second-order valence-corrected chi connectivity index (χ2v) is 10.3. The summed E-state index contributed by atoms with van der Waals surface area (Å²) in [6, 6.07) is 0. The van der Waals surface area contributed by atoms with Crippen molar-refractivity contribution in [2.75, 3.05) is 13.2 Å². The Labute approximate surface area is 182 Å². The Morgan fingerprint density at radius 3 is 2.73 bits per heavy atom. The summed E-state index contributed by atoms with van der Waals surface area (Å²) in [5.74, 6) is 1.95. The summed E-state index contributed by atoms with van der Waals surface area (Å²) in [7, 11) is 0. The molecule has 0 aromatic heterocycles. The lowest BCUT2D eigenvalue weighted by Gasteiger charge is -2.44. The molecule has 3 N–H and O–H groups in total. The zero-order valence-corrected chi connectivity index (χ0v) is 19.1. The van der Waals surface area contributed by atoms with Crippen molar-refractivity contribution in [1.29, 1.82) is 0 Å². The Kier molecular flexibility index (Phi) is 8.00. The highest BCUT2D eigenvalue weighted by Crippen LogP contribution is 2.59. The van der Waals surface area contributed by atoms with Crippen LogP contribution in [0.3, 0.4) is 0 Å². The predicted molar refractivity (Wildman–Crippen MR) is 121 cm³/mol. The maximum absolute atomic E-state index is 10.1. The average molecular weight is 419 g/mol. The standard InChI is InChI=1S/C26H42O4/c1-17(11-13-30-18(2)16-27)23-9-10-24-20(6-5-12-26(23,24)4)7-8-21-14-22(28)15-25(29)19(21)3/h7-8,17-18,22-25,27-29H,3,5-6,9-16H2,1-2,4H3/t17-,18?,22-,23-,24?,25+,26-/m1/s1. The molecule has 4 heteroatoms. The van der Waals surface area contributed by atoms with Gasteiger partial charge in [-0.3, -0.25) is 0 Å². The number of aliphatic hydroxyl groups is 3. The summed E-state index contributed by atoms with van der Waals surface area (Å²) in [6.07, 6.45) is 11.5. The molecule has 0 radical (unpaired) electrons. The van der Waals surface area contributed by atoms with Crippen LogP contribution in [0.25, 0.3) is 0 Å². The van der Waals surface area contributed by atoms with Gasteiger partial charge in [-0.25, -0.2) is 0 Å². The molecule has 3 saturated carbocycles. The normalized spacial score (nSPS) is 39.3. The van der Waals surface area contributed by atoms with Gasteiger partial charge in [0.15, 0.2) is 0 Å². The molecule has 3 rings (SSSR count). The van der Waals surface area contributed by atoms with Gasteiger partial charge in [0.1, 0.15) is 0 Å². The van der Waals surface area contributed by atoms with Crippen LogP contribution in [0.2, 0.25) is 0 Å². The van der Waals surface area contributed by atoms with Crippen molar-refractivity contribution in [2.45, 2.75) is 90.4 Å². The van der Waals surface area contributed by atoms with Gasteiger partial charge in [0.2, 0.25) is 0 Å². The van der Waals surface area contributed by atoms with E-state index in [4.69, 9.17) is 9.84 Å². The van der Waals surface area contributed by atoms with E-state index in [9.17, 15) is 10.2 Å². The van der Waals surface area contributed by atoms with E-state index in [0.29, 0.717) is 36.0 Å². The van der Waals surface area contributed by atoms with Crippen LogP contribution in [0.15, 0.2) is 35.5 Å². The Morgan fingerprint density at radius 1 is 1.23 bits per heavy atom. The Bertz CT molecular complexity index is 666. The van der Waals surface area contributed by atoms with Crippen molar-refractivity contribution in [3.63, 3.8) is 0 Å². The van der Waals surface area contributed by atoms with E-state index in [2.05, 4.69) is 32.6 Å². The molecule has 30 heavy (non-hydrogen) atoms. The maximum Gasteiger partial charge on any atom is 0.0811 e. The van der Waals surface area contributed by atoms with Crippen LogP contribution in [0, 0.1) is 23.2 Å². The van der Waals surface area contributed by atoms with Crippen LogP contribution in [-0.2, 0) is 4.74 Å². The molecule has 7 atom stereocenters. The molecular weight excluding hydrogens is 376 g/mol. The highest BCUT2D eigenvalue weighted by atomic mass is 16.5. The monoisotopic (exact) mass is 418 g/mol. The summed E-state index contributed by atoms with van der Waals surface area (Å²) in [6.45, 7) is 11.7. The molecule has 170 valence electrons. The number of hydrogen-bond donors (Lipinski definition) is 3. The van der Waals surface area contributed by atoms with Crippen molar-refractivity contribution in [2.24, 2.45) is 23.2 Å². The van der Waals surface area contributed by atoms with Crippen molar-refractivity contribution < 1.29 is 20.1 Å². The van der Waals surface area contributed by atoms with Crippen LogP contribution in [-0.4, -0.2) is 46.8 Å². The Balaban J connectivity index is 1.69. The molecule has 0 aliphatic heterocycles. The molecule has 0 saturated heterocycles. The van der Waals surface area contributed by atoms with Crippen LogP contribution in [0.4, 0.5) is 0 Å². The van der Waals surface area contributed by atoms with E-state index in [1.807, 2.05) is 6.92 Å². The molecule has 0 bridgehead atoms. The fourth-order valence-electron chi connectivity index (χ4n) is 6.39. The molecule has 0 heterocycles. The molecule has 3 aliphatic rings. The fraction of sp³-hybridized carbons (Fsp3) is 0.769.